The molecule has 2 fully saturated rings. The summed E-state index contributed by atoms with van der Waals surface area (Å²) in [5.74, 6) is 0. The lowest BCUT2D eigenvalue weighted by molar-refractivity contribution is 0.0200. The van der Waals surface area contributed by atoms with E-state index in [1.165, 1.54) is 0 Å². The van der Waals surface area contributed by atoms with Crippen LogP contribution in [0.15, 0.2) is 0 Å². The second-order valence-corrected chi connectivity index (χ2v) is 4.89. The van der Waals surface area contributed by atoms with Gasteiger partial charge in [-0.05, 0) is 12.8 Å². The minimum Gasteiger partial charge on any atom is -0.376 e. The molecule has 0 aliphatic carbocycles. The fraction of sp³-hybridized carbons (Fsp3) is 0.917. The standard InChI is InChI=1S/C12H23N3O2/c1-3-10-9-15(12(16)14(10)2)6-4-11-8-13-5-7-17-11/h10-11,13H,3-9H2,1-2H3. The van der Waals surface area contributed by atoms with Crippen molar-refractivity contribution in [3.63, 3.8) is 0 Å². The second kappa shape index (κ2) is 5.69. The fourth-order valence-corrected chi connectivity index (χ4v) is 2.53. The first kappa shape index (κ1) is 12.6. The molecule has 2 atom stereocenters. The Bertz CT molecular complexity index is 266. The van der Waals surface area contributed by atoms with Crippen LogP contribution in [0.2, 0.25) is 0 Å². The zero-order valence-electron chi connectivity index (χ0n) is 10.8. The van der Waals surface area contributed by atoms with Gasteiger partial charge < -0.3 is 19.9 Å². The van der Waals surface area contributed by atoms with Gasteiger partial charge in [0.15, 0.2) is 0 Å². The number of nitrogens with zero attached hydrogens (tertiary/aromatic N) is 2. The Hall–Kier alpha value is -0.810. The molecule has 0 aromatic heterocycles. The maximum Gasteiger partial charge on any atom is 0.320 e. The molecule has 2 rings (SSSR count). The van der Waals surface area contributed by atoms with Crippen molar-refractivity contribution in [3.8, 4) is 0 Å². The first-order valence-electron chi connectivity index (χ1n) is 6.56. The number of nitrogens with one attached hydrogen (secondary N) is 1. The predicted octanol–water partition coefficient (Wildman–Crippen LogP) is 0.511. The lowest BCUT2D eigenvalue weighted by Crippen LogP contribution is -2.41. The molecule has 0 aromatic carbocycles. The molecule has 17 heavy (non-hydrogen) atoms. The lowest BCUT2D eigenvalue weighted by atomic mass is 10.2. The molecule has 0 spiro atoms. The van der Waals surface area contributed by atoms with Gasteiger partial charge >= 0.3 is 6.03 Å². The summed E-state index contributed by atoms with van der Waals surface area (Å²) in [6, 6.07) is 0.550. The largest absolute Gasteiger partial charge is 0.376 e. The average Bonchev–Trinajstić information content (AvgIpc) is 2.65. The summed E-state index contributed by atoms with van der Waals surface area (Å²) in [6.07, 6.45) is 2.23. The summed E-state index contributed by atoms with van der Waals surface area (Å²) in [5.41, 5.74) is 0. The fourth-order valence-electron chi connectivity index (χ4n) is 2.53. The van der Waals surface area contributed by atoms with E-state index in [9.17, 15) is 4.79 Å². The number of ether oxygens (including phenoxy) is 1. The molecule has 2 unspecified atom stereocenters. The van der Waals surface area contributed by atoms with Crippen LogP contribution in [0.25, 0.3) is 0 Å². The minimum absolute atomic E-state index is 0.167. The molecule has 5 nitrogen and oxygen atoms in total. The second-order valence-electron chi connectivity index (χ2n) is 4.89. The smallest absolute Gasteiger partial charge is 0.320 e. The number of morpholine rings is 1. The van der Waals surface area contributed by atoms with E-state index in [0.717, 1.165) is 45.6 Å². The van der Waals surface area contributed by atoms with Crippen LogP contribution >= 0.6 is 0 Å². The lowest BCUT2D eigenvalue weighted by Gasteiger charge is -2.25. The van der Waals surface area contributed by atoms with E-state index < -0.39 is 0 Å². The number of likely N-dealkylation sites (N-methyl/N-ethyl adjacent to an activating group) is 1. The summed E-state index contributed by atoms with van der Waals surface area (Å²) in [5, 5.41) is 3.31. The van der Waals surface area contributed by atoms with Crippen molar-refractivity contribution in [1.82, 2.24) is 15.1 Å². The van der Waals surface area contributed by atoms with Crippen molar-refractivity contribution in [1.29, 1.82) is 0 Å². The molecule has 2 saturated heterocycles. The molecule has 2 aliphatic rings. The van der Waals surface area contributed by atoms with Gasteiger partial charge in [0.25, 0.3) is 0 Å². The van der Waals surface area contributed by atoms with Crippen LogP contribution in [-0.4, -0.2) is 67.8 Å². The maximum atomic E-state index is 11.9. The molecule has 2 aliphatic heterocycles. The average molecular weight is 241 g/mol. The van der Waals surface area contributed by atoms with Crippen LogP contribution in [0, 0.1) is 0 Å². The third-order valence-corrected chi connectivity index (χ3v) is 3.75. The van der Waals surface area contributed by atoms with Gasteiger partial charge in [-0.25, -0.2) is 4.79 Å². The number of hydrogen-bond acceptors (Lipinski definition) is 3. The molecule has 0 radical (unpaired) electrons. The molecule has 0 aromatic rings. The molecular formula is C12H23N3O2. The highest BCUT2D eigenvalue weighted by atomic mass is 16.5. The Labute approximate surface area is 103 Å². The molecule has 2 heterocycles. The van der Waals surface area contributed by atoms with E-state index in [-0.39, 0.29) is 12.1 Å². The number of amides is 2. The van der Waals surface area contributed by atoms with E-state index in [2.05, 4.69) is 12.2 Å². The van der Waals surface area contributed by atoms with Crippen LogP contribution < -0.4 is 5.32 Å². The first-order valence-corrected chi connectivity index (χ1v) is 6.56. The van der Waals surface area contributed by atoms with Gasteiger partial charge in [-0.1, -0.05) is 6.92 Å². The summed E-state index contributed by atoms with van der Waals surface area (Å²) >= 11 is 0. The van der Waals surface area contributed by atoms with Gasteiger partial charge in [-0.3, -0.25) is 0 Å². The zero-order valence-corrected chi connectivity index (χ0v) is 10.8. The zero-order chi connectivity index (χ0) is 12.3. The molecular weight excluding hydrogens is 218 g/mol. The quantitative estimate of drug-likeness (QED) is 0.780. The van der Waals surface area contributed by atoms with Crippen LogP contribution in [0.3, 0.4) is 0 Å². The van der Waals surface area contributed by atoms with Crippen molar-refractivity contribution in [2.24, 2.45) is 0 Å². The van der Waals surface area contributed by atoms with Crippen molar-refractivity contribution in [2.75, 3.05) is 39.8 Å². The summed E-state index contributed by atoms with van der Waals surface area (Å²) in [4.78, 5) is 15.8. The van der Waals surface area contributed by atoms with E-state index in [1.54, 1.807) is 0 Å². The number of carbonyl (C=O) groups is 1. The molecule has 0 bridgehead atoms. The number of rotatable bonds is 4. The van der Waals surface area contributed by atoms with E-state index >= 15 is 0 Å². The molecule has 98 valence electrons. The van der Waals surface area contributed by atoms with Crippen molar-refractivity contribution >= 4 is 6.03 Å². The minimum atomic E-state index is 0.167. The van der Waals surface area contributed by atoms with Crippen LogP contribution in [-0.2, 0) is 4.74 Å². The van der Waals surface area contributed by atoms with Gasteiger partial charge in [0.05, 0.1) is 18.8 Å². The van der Waals surface area contributed by atoms with Crippen molar-refractivity contribution in [2.45, 2.75) is 31.9 Å². The monoisotopic (exact) mass is 241 g/mol. The Morgan fingerprint density at radius 3 is 2.94 bits per heavy atom. The Kier molecular flexibility index (Phi) is 4.23. The topological polar surface area (TPSA) is 44.8 Å². The predicted molar refractivity (Wildman–Crippen MR) is 66.0 cm³/mol. The SMILES string of the molecule is CCC1CN(CCC2CNCCO2)C(=O)N1C. The Morgan fingerprint density at radius 2 is 2.35 bits per heavy atom. The van der Waals surface area contributed by atoms with Gasteiger partial charge in [-0.15, -0.1) is 0 Å². The number of carbonyl (C=O) groups excluding carboxylic acids is 1. The van der Waals surface area contributed by atoms with Gasteiger partial charge in [0.1, 0.15) is 0 Å². The van der Waals surface area contributed by atoms with Gasteiger partial charge in [0.2, 0.25) is 0 Å². The van der Waals surface area contributed by atoms with Crippen LogP contribution in [0.4, 0.5) is 4.79 Å². The third kappa shape index (κ3) is 2.90. The maximum absolute atomic E-state index is 11.9. The summed E-state index contributed by atoms with van der Waals surface area (Å²) in [6.45, 7) is 6.45. The Morgan fingerprint density at radius 1 is 1.53 bits per heavy atom. The summed E-state index contributed by atoms with van der Waals surface area (Å²) in [7, 11) is 1.90. The normalized spacial score (nSPS) is 30.1. The van der Waals surface area contributed by atoms with E-state index in [0.29, 0.717) is 6.04 Å². The molecule has 2 amide bonds. The van der Waals surface area contributed by atoms with Crippen molar-refractivity contribution < 1.29 is 9.53 Å². The Balaban J connectivity index is 1.77. The first-order chi connectivity index (χ1) is 8.22. The highest BCUT2D eigenvalue weighted by Crippen LogP contribution is 2.17. The molecule has 0 saturated carbocycles. The van der Waals surface area contributed by atoms with Gasteiger partial charge in [-0.2, -0.15) is 0 Å². The van der Waals surface area contributed by atoms with Gasteiger partial charge in [0, 0.05) is 33.2 Å². The van der Waals surface area contributed by atoms with Crippen molar-refractivity contribution in [3.05, 3.63) is 0 Å². The van der Waals surface area contributed by atoms with E-state index in [1.807, 2.05) is 16.8 Å². The third-order valence-electron chi connectivity index (χ3n) is 3.75. The number of urea groups is 1. The van der Waals surface area contributed by atoms with Crippen LogP contribution in [0.5, 0.6) is 0 Å². The highest BCUT2D eigenvalue weighted by molar-refractivity contribution is 5.76. The molecule has 5 heteroatoms. The summed E-state index contributed by atoms with van der Waals surface area (Å²) < 4.78 is 5.64. The highest BCUT2D eigenvalue weighted by Gasteiger charge is 2.33. The number of hydrogen-bond donors (Lipinski definition) is 1. The molecule has 1 N–H and O–H groups in total. The van der Waals surface area contributed by atoms with E-state index in [4.69, 9.17) is 4.74 Å². The van der Waals surface area contributed by atoms with Crippen LogP contribution in [0.1, 0.15) is 19.8 Å².